The van der Waals surface area contributed by atoms with Gasteiger partial charge in [-0.25, -0.2) is 4.98 Å². The summed E-state index contributed by atoms with van der Waals surface area (Å²) in [4.78, 5) is 31.8. The number of nitrogens with zero attached hydrogens (tertiary/aromatic N) is 3. The van der Waals surface area contributed by atoms with Gasteiger partial charge >= 0.3 is 0 Å². The molecule has 9 nitrogen and oxygen atoms in total. The minimum Gasteiger partial charge on any atom is -0.368 e. The van der Waals surface area contributed by atoms with Gasteiger partial charge in [0.2, 0.25) is 11.9 Å². The normalized spacial score (nSPS) is 17.7. The Kier molecular flexibility index (Phi) is 10.2. The highest BCUT2D eigenvalue weighted by Gasteiger charge is 2.20. The van der Waals surface area contributed by atoms with Crippen molar-refractivity contribution >= 4 is 23.4 Å². The molecule has 1 fully saturated rings. The van der Waals surface area contributed by atoms with Crippen molar-refractivity contribution in [2.75, 3.05) is 36.8 Å². The first kappa shape index (κ1) is 25.6. The van der Waals surface area contributed by atoms with Gasteiger partial charge in [-0.15, -0.1) is 4.91 Å². The zero-order chi connectivity index (χ0) is 24.2. The van der Waals surface area contributed by atoms with Crippen LogP contribution in [-0.4, -0.2) is 42.1 Å². The van der Waals surface area contributed by atoms with Gasteiger partial charge in [-0.2, -0.15) is 4.98 Å². The van der Waals surface area contributed by atoms with Crippen molar-refractivity contribution < 1.29 is 4.79 Å². The lowest BCUT2D eigenvalue weighted by molar-refractivity contribution is -0.121. The molecule has 1 aliphatic rings. The first-order valence-corrected chi connectivity index (χ1v) is 12.3. The molecule has 0 unspecified atom stereocenters. The van der Waals surface area contributed by atoms with Crippen LogP contribution in [0.25, 0.3) is 0 Å². The summed E-state index contributed by atoms with van der Waals surface area (Å²) in [5, 5.41) is 12.4. The van der Waals surface area contributed by atoms with Crippen molar-refractivity contribution in [3.8, 4) is 0 Å². The number of hydrogen-bond acceptors (Lipinski definition) is 8. The summed E-state index contributed by atoms with van der Waals surface area (Å²) < 4.78 is 0. The molecule has 0 radical (unpaired) electrons. The molecule has 0 spiro atoms. The number of anilines is 2. The van der Waals surface area contributed by atoms with Gasteiger partial charge < -0.3 is 21.7 Å². The molecular formula is C25H37N7O2. The molecule has 1 aliphatic carbocycles. The second-order valence-electron chi connectivity index (χ2n) is 9.08. The molecule has 0 aliphatic heterocycles. The van der Waals surface area contributed by atoms with Crippen molar-refractivity contribution in [2.45, 2.75) is 51.9 Å². The molecule has 1 aromatic carbocycles. The van der Waals surface area contributed by atoms with E-state index < -0.39 is 0 Å². The molecule has 1 heterocycles. The molecule has 1 amide bonds. The maximum absolute atomic E-state index is 12.1. The minimum absolute atomic E-state index is 0.0310. The summed E-state index contributed by atoms with van der Waals surface area (Å²) >= 11 is 0. The second kappa shape index (κ2) is 13.6. The Morgan fingerprint density at radius 2 is 1.88 bits per heavy atom. The third-order valence-electron chi connectivity index (χ3n) is 6.57. The van der Waals surface area contributed by atoms with E-state index in [1.807, 2.05) is 12.1 Å². The lowest BCUT2D eigenvalue weighted by Crippen LogP contribution is -2.26. The van der Waals surface area contributed by atoms with Crippen molar-refractivity contribution in [3.63, 3.8) is 0 Å². The Labute approximate surface area is 201 Å². The monoisotopic (exact) mass is 467 g/mol. The fraction of sp³-hybridized carbons (Fsp3) is 0.560. The lowest BCUT2D eigenvalue weighted by Gasteiger charge is -2.27. The molecular weight excluding hydrogens is 430 g/mol. The van der Waals surface area contributed by atoms with Crippen LogP contribution in [0.1, 0.15) is 49.7 Å². The Morgan fingerprint density at radius 1 is 1.12 bits per heavy atom. The number of nitrogens with one attached hydrogen (secondary N) is 3. The highest BCUT2D eigenvalue weighted by molar-refractivity contribution is 5.75. The highest BCUT2D eigenvalue weighted by atomic mass is 16.3. The molecule has 2 aromatic rings. The predicted octanol–water partition coefficient (Wildman–Crippen LogP) is 3.91. The number of nitrogens with two attached hydrogens (primary N) is 1. The van der Waals surface area contributed by atoms with Crippen LogP contribution in [0.5, 0.6) is 0 Å². The minimum atomic E-state index is 0.0310. The summed E-state index contributed by atoms with van der Waals surface area (Å²) in [7, 11) is 0. The maximum atomic E-state index is 12.1. The predicted molar refractivity (Wildman–Crippen MR) is 136 cm³/mol. The zero-order valence-electron chi connectivity index (χ0n) is 20.1. The van der Waals surface area contributed by atoms with Gasteiger partial charge in [-0.3, -0.25) is 4.79 Å². The Balaban J connectivity index is 1.36. The highest BCUT2D eigenvalue weighted by Crippen LogP contribution is 2.29. The van der Waals surface area contributed by atoms with Crippen molar-refractivity contribution in [3.05, 3.63) is 46.5 Å². The van der Waals surface area contributed by atoms with E-state index in [-0.39, 0.29) is 11.6 Å². The number of aryl methyl sites for hydroxylation is 1. The van der Waals surface area contributed by atoms with E-state index in [1.165, 1.54) is 17.3 Å². The molecule has 0 atom stereocenters. The zero-order valence-corrected chi connectivity index (χ0v) is 20.1. The molecule has 3 rings (SSSR count). The van der Waals surface area contributed by atoms with Crippen LogP contribution in [0.15, 0.2) is 35.6 Å². The fourth-order valence-corrected chi connectivity index (χ4v) is 4.33. The van der Waals surface area contributed by atoms with E-state index in [2.05, 4.69) is 50.2 Å². The average Bonchev–Trinajstić information content (AvgIpc) is 2.87. The largest absolute Gasteiger partial charge is 0.368 e. The van der Waals surface area contributed by atoms with Gasteiger partial charge in [-0.1, -0.05) is 24.3 Å². The van der Waals surface area contributed by atoms with E-state index in [1.54, 1.807) is 0 Å². The topological polar surface area (TPSA) is 134 Å². The molecule has 1 aromatic heterocycles. The van der Waals surface area contributed by atoms with Gasteiger partial charge in [0.15, 0.2) is 11.5 Å². The summed E-state index contributed by atoms with van der Waals surface area (Å²) in [5.41, 5.74) is 8.47. The lowest BCUT2D eigenvalue weighted by atomic mass is 9.82. The van der Waals surface area contributed by atoms with Gasteiger partial charge in [0.25, 0.3) is 0 Å². The summed E-state index contributed by atoms with van der Waals surface area (Å²) in [6.45, 7) is 4.77. The fourth-order valence-electron chi connectivity index (χ4n) is 4.33. The van der Waals surface area contributed by atoms with Crippen LogP contribution in [0.3, 0.4) is 0 Å². The van der Waals surface area contributed by atoms with E-state index in [9.17, 15) is 9.70 Å². The molecule has 0 bridgehead atoms. The SMILES string of the molecule is Cc1ccccc1CCNC(=O)CCCNc1ncc(N=O)c(NCC2CCC(CN)CC2)n1. The van der Waals surface area contributed by atoms with Gasteiger partial charge in [0.1, 0.15) is 0 Å². The van der Waals surface area contributed by atoms with Gasteiger partial charge in [-0.05, 0) is 80.1 Å². The number of carbonyl (C=O) groups is 1. The maximum Gasteiger partial charge on any atom is 0.224 e. The third-order valence-corrected chi connectivity index (χ3v) is 6.57. The number of hydrogen-bond donors (Lipinski definition) is 4. The molecule has 1 saturated carbocycles. The standard InChI is InChI=1S/C25H37N7O2/c1-18-5-2-3-6-21(18)12-14-27-23(33)7-4-13-28-25-30-17-22(32-34)24(31-25)29-16-20-10-8-19(15-26)9-11-20/h2-3,5-6,17,19-20H,4,7-16,26H2,1H3,(H,27,33)(H2,28,29,30,31). The molecule has 9 heteroatoms. The van der Waals surface area contributed by atoms with Crippen molar-refractivity contribution in [1.82, 2.24) is 15.3 Å². The van der Waals surface area contributed by atoms with E-state index in [0.29, 0.717) is 49.5 Å². The Morgan fingerprint density at radius 3 is 2.62 bits per heavy atom. The van der Waals surface area contributed by atoms with Crippen LogP contribution in [-0.2, 0) is 11.2 Å². The van der Waals surface area contributed by atoms with Crippen molar-refractivity contribution in [1.29, 1.82) is 0 Å². The summed E-state index contributed by atoms with van der Waals surface area (Å²) in [6.07, 6.45) is 7.88. The Bertz CT molecular complexity index is 929. The first-order chi connectivity index (χ1) is 16.6. The number of amides is 1. The number of benzene rings is 1. The summed E-state index contributed by atoms with van der Waals surface area (Å²) in [5.74, 6) is 2.07. The summed E-state index contributed by atoms with van der Waals surface area (Å²) in [6, 6.07) is 8.21. The van der Waals surface area contributed by atoms with Crippen LogP contribution in [0.2, 0.25) is 0 Å². The van der Waals surface area contributed by atoms with Crippen molar-refractivity contribution in [2.24, 2.45) is 22.7 Å². The average molecular weight is 468 g/mol. The van der Waals surface area contributed by atoms with Crippen LogP contribution in [0, 0.1) is 23.7 Å². The van der Waals surface area contributed by atoms with E-state index >= 15 is 0 Å². The molecule has 0 saturated heterocycles. The molecule has 184 valence electrons. The third kappa shape index (κ3) is 8.06. The number of nitroso groups, excluding NO2 is 1. The quantitative estimate of drug-likeness (QED) is 0.259. The smallest absolute Gasteiger partial charge is 0.224 e. The van der Waals surface area contributed by atoms with Crippen LogP contribution >= 0.6 is 0 Å². The van der Waals surface area contributed by atoms with Crippen LogP contribution < -0.4 is 21.7 Å². The number of aromatic nitrogens is 2. The molecule has 34 heavy (non-hydrogen) atoms. The second-order valence-corrected chi connectivity index (χ2v) is 9.08. The number of rotatable bonds is 13. The van der Waals surface area contributed by atoms with Gasteiger partial charge in [0, 0.05) is 26.1 Å². The Hall–Kier alpha value is -3.07. The van der Waals surface area contributed by atoms with Gasteiger partial charge in [0.05, 0.1) is 6.20 Å². The molecule has 5 N–H and O–H groups in total. The van der Waals surface area contributed by atoms with E-state index in [4.69, 9.17) is 5.73 Å². The first-order valence-electron chi connectivity index (χ1n) is 12.3. The number of carbonyl (C=O) groups excluding carboxylic acids is 1. The van der Waals surface area contributed by atoms with Crippen LogP contribution in [0.4, 0.5) is 17.5 Å². The van der Waals surface area contributed by atoms with E-state index in [0.717, 1.165) is 45.2 Å².